The summed E-state index contributed by atoms with van der Waals surface area (Å²) in [5, 5.41) is 8.93. The fraction of sp³-hybridized carbons (Fsp3) is 0.500. The maximum absolute atomic E-state index is 5.19. The molecule has 0 radical (unpaired) electrons. The third-order valence-corrected chi connectivity index (χ3v) is 5.98. The smallest absolute Gasteiger partial charge is 0.194 e. The number of fused-ring (bicyclic) bond motifs is 1. The Morgan fingerprint density at radius 1 is 1.19 bits per heavy atom. The van der Waals surface area contributed by atoms with Crippen LogP contribution in [0.5, 0.6) is 0 Å². The molecule has 0 atom stereocenters. The minimum Gasteiger partial charge on any atom is -0.361 e. The van der Waals surface area contributed by atoms with Crippen molar-refractivity contribution in [2.45, 2.75) is 40.2 Å². The van der Waals surface area contributed by atoms with Crippen LogP contribution in [0.15, 0.2) is 40.0 Å². The highest BCUT2D eigenvalue weighted by Gasteiger charge is 2.20. The van der Waals surface area contributed by atoms with Gasteiger partial charge in [-0.05, 0) is 37.8 Å². The Hall–Kier alpha value is -2.80. The maximum Gasteiger partial charge on any atom is 0.194 e. The number of nitrogens with one attached hydrogen (secondary N) is 2. The zero-order valence-corrected chi connectivity index (χ0v) is 18.9. The molecule has 166 valence electrons. The second kappa shape index (κ2) is 10.0. The molecule has 1 saturated heterocycles. The fourth-order valence-corrected chi connectivity index (χ4v) is 4.32. The molecule has 3 aromatic rings. The highest BCUT2D eigenvalue weighted by atomic mass is 16.5. The molecule has 7 heteroatoms. The Labute approximate surface area is 184 Å². The number of aryl methyl sites for hydroxylation is 2. The molecule has 7 nitrogen and oxygen atoms in total. The Kier molecular flexibility index (Phi) is 6.92. The summed E-state index contributed by atoms with van der Waals surface area (Å²) in [5.41, 5.74) is 5.00. The summed E-state index contributed by atoms with van der Waals surface area (Å²) >= 11 is 0. The van der Waals surface area contributed by atoms with Crippen LogP contribution in [-0.4, -0.2) is 65.2 Å². The van der Waals surface area contributed by atoms with Crippen LogP contribution in [0.2, 0.25) is 0 Å². The van der Waals surface area contributed by atoms with Crippen LogP contribution in [0.3, 0.4) is 0 Å². The molecule has 1 aliphatic heterocycles. The summed E-state index contributed by atoms with van der Waals surface area (Å²) in [4.78, 5) is 13.2. The van der Waals surface area contributed by atoms with Gasteiger partial charge in [0.25, 0.3) is 0 Å². The minimum absolute atomic E-state index is 0.782. The quantitative estimate of drug-likeness (QED) is 0.451. The van der Waals surface area contributed by atoms with Crippen molar-refractivity contribution >= 4 is 16.9 Å². The fourth-order valence-electron chi connectivity index (χ4n) is 4.32. The summed E-state index contributed by atoms with van der Waals surface area (Å²) in [5.74, 6) is 1.89. The number of H-pyrrole nitrogens is 1. The van der Waals surface area contributed by atoms with E-state index in [0.29, 0.717) is 0 Å². The van der Waals surface area contributed by atoms with Gasteiger partial charge in [0.15, 0.2) is 5.96 Å². The highest BCUT2D eigenvalue weighted by molar-refractivity contribution is 5.86. The van der Waals surface area contributed by atoms with Gasteiger partial charge in [-0.3, -0.25) is 9.89 Å². The number of aliphatic imine (C=N–C) groups is 1. The number of hydrogen-bond donors (Lipinski definition) is 2. The molecular weight excluding hydrogens is 388 g/mol. The molecule has 1 aromatic carbocycles. The van der Waals surface area contributed by atoms with E-state index in [1.165, 1.54) is 22.0 Å². The lowest BCUT2D eigenvalue weighted by molar-refractivity contribution is 0.169. The molecule has 1 fully saturated rings. The molecule has 0 bridgehead atoms. The standard InChI is InChI=1S/C24H34N6O/c1-4-19-7-6-8-22-20(16-27-23(19)22)9-10-26-24(25-5-2)30-13-11-29(12-14-30)17-21-15-18(3)31-28-21/h6-8,15-16,27H,4-5,9-14,17H2,1-3H3,(H,25,26). The third kappa shape index (κ3) is 5.10. The van der Waals surface area contributed by atoms with Crippen LogP contribution in [0.1, 0.15) is 36.4 Å². The van der Waals surface area contributed by atoms with Crippen LogP contribution in [-0.2, 0) is 19.4 Å². The van der Waals surface area contributed by atoms with Crippen molar-refractivity contribution < 1.29 is 4.52 Å². The van der Waals surface area contributed by atoms with Gasteiger partial charge < -0.3 is 19.7 Å². The number of guanidine groups is 1. The number of piperazine rings is 1. The number of aromatic nitrogens is 2. The van der Waals surface area contributed by atoms with Gasteiger partial charge in [0.1, 0.15) is 5.76 Å². The Morgan fingerprint density at radius 3 is 2.74 bits per heavy atom. The monoisotopic (exact) mass is 422 g/mol. The molecule has 31 heavy (non-hydrogen) atoms. The average molecular weight is 423 g/mol. The first-order chi connectivity index (χ1) is 15.2. The van der Waals surface area contributed by atoms with Crippen LogP contribution in [0, 0.1) is 6.92 Å². The van der Waals surface area contributed by atoms with Crippen molar-refractivity contribution in [1.29, 1.82) is 0 Å². The number of aromatic amines is 1. The second-order valence-electron chi connectivity index (χ2n) is 8.18. The lowest BCUT2D eigenvalue weighted by atomic mass is 10.1. The summed E-state index contributed by atoms with van der Waals surface area (Å²) in [6.45, 7) is 12.7. The minimum atomic E-state index is 0.782. The van der Waals surface area contributed by atoms with Crippen LogP contribution in [0.25, 0.3) is 10.9 Å². The zero-order chi connectivity index (χ0) is 21.6. The Bertz CT molecular complexity index is 1010. The van der Waals surface area contributed by atoms with E-state index in [1.807, 2.05) is 13.0 Å². The van der Waals surface area contributed by atoms with Gasteiger partial charge in [0.05, 0.1) is 5.69 Å². The van der Waals surface area contributed by atoms with Gasteiger partial charge in [-0.1, -0.05) is 30.3 Å². The molecule has 2 N–H and O–H groups in total. The summed E-state index contributed by atoms with van der Waals surface area (Å²) in [6, 6.07) is 8.59. The van der Waals surface area contributed by atoms with Crippen molar-refractivity contribution in [1.82, 2.24) is 25.3 Å². The maximum atomic E-state index is 5.19. The molecule has 1 aliphatic rings. The van der Waals surface area contributed by atoms with Crippen LogP contribution in [0.4, 0.5) is 0 Å². The predicted octanol–water partition coefficient (Wildman–Crippen LogP) is 3.35. The first-order valence-electron chi connectivity index (χ1n) is 11.4. The zero-order valence-electron chi connectivity index (χ0n) is 18.9. The number of benzene rings is 1. The molecule has 0 saturated carbocycles. The Morgan fingerprint density at radius 2 is 2.03 bits per heavy atom. The largest absolute Gasteiger partial charge is 0.361 e. The van der Waals surface area contributed by atoms with Crippen molar-refractivity contribution in [3.8, 4) is 0 Å². The van der Waals surface area contributed by atoms with Gasteiger partial charge in [0.2, 0.25) is 0 Å². The van der Waals surface area contributed by atoms with Crippen molar-refractivity contribution in [2.24, 2.45) is 4.99 Å². The van der Waals surface area contributed by atoms with Crippen molar-refractivity contribution in [3.63, 3.8) is 0 Å². The van der Waals surface area contributed by atoms with Gasteiger partial charge in [0, 0.05) is 69.0 Å². The summed E-state index contributed by atoms with van der Waals surface area (Å²) < 4.78 is 5.19. The van der Waals surface area contributed by atoms with E-state index >= 15 is 0 Å². The molecule has 0 aliphatic carbocycles. The first-order valence-corrected chi connectivity index (χ1v) is 11.4. The van der Waals surface area contributed by atoms with E-state index in [9.17, 15) is 0 Å². The lowest BCUT2D eigenvalue weighted by Crippen LogP contribution is -2.52. The number of hydrogen-bond acceptors (Lipinski definition) is 4. The normalized spacial score (nSPS) is 15.7. The Balaban J connectivity index is 1.34. The molecular formula is C24H34N6O. The van der Waals surface area contributed by atoms with Gasteiger partial charge >= 0.3 is 0 Å². The van der Waals surface area contributed by atoms with Crippen LogP contribution < -0.4 is 5.32 Å². The van der Waals surface area contributed by atoms with E-state index in [2.05, 4.69) is 63.5 Å². The number of rotatable bonds is 7. The van der Waals surface area contributed by atoms with E-state index in [1.54, 1.807) is 0 Å². The summed E-state index contributed by atoms with van der Waals surface area (Å²) in [6.07, 6.45) is 4.13. The highest BCUT2D eigenvalue weighted by Crippen LogP contribution is 2.22. The molecule has 4 rings (SSSR count). The van der Waals surface area contributed by atoms with Crippen molar-refractivity contribution in [3.05, 3.63) is 53.0 Å². The molecule has 0 spiro atoms. The lowest BCUT2D eigenvalue weighted by Gasteiger charge is -2.36. The topological polar surface area (TPSA) is 72.7 Å². The molecule has 0 amide bonds. The predicted molar refractivity (Wildman–Crippen MR) is 125 cm³/mol. The van der Waals surface area contributed by atoms with E-state index in [-0.39, 0.29) is 0 Å². The van der Waals surface area contributed by atoms with Gasteiger partial charge in [-0.25, -0.2) is 0 Å². The van der Waals surface area contributed by atoms with E-state index in [4.69, 9.17) is 9.52 Å². The molecule has 3 heterocycles. The first kappa shape index (κ1) is 21.4. The summed E-state index contributed by atoms with van der Waals surface area (Å²) in [7, 11) is 0. The number of nitrogens with zero attached hydrogens (tertiary/aromatic N) is 4. The van der Waals surface area contributed by atoms with Crippen LogP contribution >= 0.6 is 0 Å². The third-order valence-electron chi connectivity index (χ3n) is 5.98. The van der Waals surface area contributed by atoms with Crippen molar-refractivity contribution in [2.75, 3.05) is 39.3 Å². The average Bonchev–Trinajstić information content (AvgIpc) is 3.39. The molecule has 0 unspecified atom stereocenters. The van der Waals surface area contributed by atoms with Gasteiger partial charge in [-0.2, -0.15) is 0 Å². The number of para-hydroxylation sites is 1. The molecule has 2 aromatic heterocycles. The van der Waals surface area contributed by atoms with E-state index in [0.717, 1.165) is 76.1 Å². The SMILES string of the molecule is CCNC(=NCCc1c[nH]c2c(CC)cccc12)N1CCN(Cc2cc(C)on2)CC1. The van der Waals surface area contributed by atoms with Gasteiger partial charge in [-0.15, -0.1) is 0 Å². The van der Waals surface area contributed by atoms with E-state index < -0.39 is 0 Å². The second-order valence-corrected chi connectivity index (χ2v) is 8.18.